The second-order valence-electron chi connectivity index (χ2n) is 6.18. The third-order valence-corrected chi connectivity index (χ3v) is 4.19. The van der Waals surface area contributed by atoms with Crippen molar-refractivity contribution >= 4 is 0 Å². The molecule has 0 aliphatic rings. The molecule has 0 aliphatic heterocycles. The van der Waals surface area contributed by atoms with E-state index in [4.69, 9.17) is 5.73 Å². The molecule has 0 saturated carbocycles. The molecule has 0 aromatic heterocycles. The van der Waals surface area contributed by atoms with Crippen molar-refractivity contribution in [2.45, 2.75) is 73.1 Å². The Kier molecular flexibility index (Phi) is 8.09. The van der Waals surface area contributed by atoms with Gasteiger partial charge < -0.3 is 5.73 Å². The summed E-state index contributed by atoms with van der Waals surface area (Å²) in [5.74, 6) is 1.47. The Hall–Kier alpha value is -0.0400. The van der Waals surface area contributed by atoms with E-state index in [0.717, 1.165) is 12.5 Å². The number of hydrogen-bond donors (Lipinski definition) is 1. The Morgan fingerprint density at radius 3 is 2.12 bits per heavy atom. The minimum Gasteiger partial charge on any atom is -0.330 e. The maximum Gasteiger partial charge on any atom is -0.00463 e. The zero-order valence-electron chi connectivity index (χ0n) is 12.2. The van der Waals surface area contributed by atoms with Gasteiger partial charge >= 0.3 is 0 Å². The molecule has 98 valence electrons. The highest BCUT2D eigenvalue weighted by molar-refractivity contribution is 4.81. The molecule has 0 aromatic carbocycles. The number of rotatable bonds is 9. The fourth-order valence-corrected chi connectivity index (χ4v) is 2.30. The van der Waals surface area contributed by atoms with E-state index in [1.165, 1.54) is 38.5 Å². The average molecular weight is 227 g/mol. The van der Waals surface area contributed by atoms with Gasteiger partial charge in [0, 0.05) is 0 Å². The van der Waals surface area contributed by atoms with Crippen molar-refractivity contribution in [3.05, 3.63) is 0 Å². The predicted octanol–water partition coefficient (Wildman–Crippen LogP) is 4.60. The SMILES string of the molecule is CCCCCC(C)(CCC(C)C)C(C)CN. The quantitative estimate of drug-likeness (QED) is 0.572. The van der Waals surface area contributed by atoms with Gasteiger partial charge in [0.15, 0.2) is 0 Å². The summed E-state index contributed by atoms with van der Waals surface area (Å²) in [6, 6.07) is 0. The summed E-state index contributed by atoms with van der Waals surface area (Å²) in [4.78, 5) is 0. The lowest BCUT2D eigenvalue weighted by Crippen LogP contribution is -2.31. The Bertz CT molecular complexity index is 165. The van der Waals surface area contributed by atoms with Crippen LogP contribution < -0.4 is 5.73 Å². The normalized spacial score (nSPS) is 17.4. The lowest BCUT2D eigenvalue weighted by Gasteiger charge is -2.36. The van der Waals surface area contributed by atoms with Crippen LogP contribution in [-0.2, 0) is 0 Å². The third-order valence-electron chi connectivity index (χ3n) is 4.19. The first-order valence-corrected chi connectivity index (χ1v) is 7.16. The van der Waals surface area contributed by atoms with E-state index >= 15 is 0 Å². The van der Waals surface area contributed by atoms with E-state index in [2.05, 4.69) is 34.6 Å². The number of unbranched alkanes of at least 4 members (excludes halogenated alkanes) is 2. The third kappa shape index (κ3) is 5.89. The van der Waals surface area contributed by atoms with Crippen LogP contribution in [0.2, 0.25) is 0 Å². The summed E-state index contributed by atoms with van der Waals surface area (Å²) in [5.41, 5.74) is 6.34. The van der Waals surface area contributed by atoms with Crippen LogP contribution in [0.4, 0.5) is 0 Å². The predicted molar refractivity (Wildman–Crippen MR) is 74.5 cm³/mol. The van der Waals surface area contributed by atoms with Crippen molar-refractivity contribution in [3.63, 3.8) is 0 Å². The molecule has 0 heterocycles. The second kappa shape index (κ2) is 8.11. The van der Waals surface area contributed by atoms with E-state index < -0.39 is 0 Å². The maximum atomic E-state index is 5.87. The molecule has 2 N–H and O–H groups in total. The molecule has 0 aromatic rings. The van der Waals surface area contributed by atoms with Crippen molar-refractivity contribution in [3.8, 4) is 0 Å². The lowest BCUT2D eigenvalue weighted by molar-refractivity contribution is 0.155. The van der Waals surface area contributed by atoms with Crippen LogP contribution in [0.25, 0.3) is 0 Å². The molecule has 0 aliphatic carbocycles. The molecule has 0 saturated heterocycles. The van der Waals surface area contributed by atoms with Gasteiger partial charge in [-0.1, -0.05) is 60.3 Å². The van der Waals surface area contributed by atoms with Crippen molar-refractivity contribution < 1.29 is 0 Å². The van der Waals surface area contributed by atoms with Crippen molar-refractivity contribution in [2.24, 2.45) is 23.0 Å². The lowest BCUT2D eigenvalue weighted by atomic mass is 9.70. The van der Waals surface area contributed by atoms with Crippen molar-refractivity contribution in [1.82, 2.24) is 0 Å². The van der Waals surface area contributed by atoms with Crippen LogP contribution >= 0.6 is 0 Å². The summed E-state index contributed by atoms with van der Waals surface area (Å²) in [6.07, 6.45) is 8.09. The van der Waals surface area contributed by atoms with E-state index in [-0.39, 0.29) is 0 Å². The van der Waals surface area contributed by atoms with Gasteiger partial charge in [-0.3, -0.25) is 0 Å². The molecule has 0 amide bonds. The zero-order chi connectivity index (χ0) is 12.6. The summed E-state index contributed by atoms with van der Waals surface area (Å²) in [5, 5.41) is 0. The van der Waals surface area contributed by atoms with Gasteiger partial charge in [0.1, 0.15) is 0 Å². The largest absolute Gasteiger partial charge is 0.330 e. The highest BCUT2D eigenvalue weighted by atomic mass is 14.6. The zero-order valence-corrected chi connectivity index (χ0v) is 12.2. The Morgan fingerprint density at radius 1 is 1.06 bits per heavy atom. The second-order valence-corrected chi connectivity index (χ2v) is 6.18. The molecule has 16 heavy (non-hydrogen) atoms. The fourth-order valence-electron chi connectivity index (χ4n) is 2.30. The van der Waals surface area contributed by atoms with E-state index in [1.54, 1.807) is 0 Å². The summed E-state index contributed by atoms with van der Waals surface area (Å²) >= 11 is 0. The van der Waals surface area contributed by atoms with E-state index in [1.807, 2.05) is 0 Å². The first-order chi connectivity index (χ1) is 7.46. The van der Waals surface area contributed by atoms with Crippen LogP contribution in [0.1, 0.15) is 73.1 Å². The topological polar surface area (TPSA) is 26.0 Å². The van der Waals surface area contributed by atoms with Gasteiger partial charge in [0.05, 0.1) is 0 Å². The minimum absolute atomic E-state index is 0.466. The average Bonchev–Trinajstić information content (AvgIpc) is 2.25. The van der Waals surface area contributed by atoms with Crippen molar-refractivity contribution in [1.29, 1.82) is 0 Å². The molecule has 1 heteroatoms. The van der Waals surface area contributed by atoms with Crippen LogP contribution in [0.15, 0.2) is 0 Å². The minimum atomic E-state index is 0.466. The number of nitrogens with two attached hydrogens (primary N) is 1. The van der Waals surface area contributed by atoms with Gasteiger partial charge in [-0.15, -0.1) is 0 Å². The van der Waals surface area contributed by atoms with Crippen LogP contribution in [0, 0.1) is 17.3 Å². The molecule has 2 atom stereocenters. The van der Waals surface area contributed by atoms with Crippen LogP contribution in [0.5, 0.6) is 0 Å². The Balaban J connectivity index is 4.24. The fraction of sp³-hybridized carbons (Fsp3) is 1.00. The van der Waals surface area contributed by atoms with Gasteiger partial charge in [0.25, 0.3) is 0 Å². The van der Waals surface area contributed by atoms with Gasteiger partial charge in [-0.25, -0.2) is 0 Å². The summed E-state index contributed by atoms with van der Waals surface area (Å²) in [6.45, 7) is 12.5. The van der Waals surface area contributed by atoms with Gasteiger partial charge in [-0.05, 0) is 36.6 Å². The van der Waals surface area contributed by atoms with Gasteiger partial charge in [-0.2, -0.15) is 0 Å². The Morgan fingerprint density at radius 2 is 1.69 bits per heavy atom. The molecular weight excluding hydrogens is 194 g/mol. The molecular formula is C15H33N. The first-order valence-electron chi connectivity index (χ1n) is 7.16. The summed E-state index contributed by atoms with van der Waals surface area (Å²) < 4.78 is 0. The molecule has 1 nitrogen and oxygen atoms in total. The van der Waals surface area contributed by atoms with Gasteiger partial charge in [0.2, 0.25) is 0 Å². The van der Waals surface area contributed by atoms with E-state index in [0.29, 0.717) is 11.3 Å². The highest BCUT2D eigenvalue weighted by Crippen LogP contribution is 2.38. The van der Waals surface area contributed by atoms with Crippen molar-refractivity contribution in [2.75, 3.05) is 6.54 Å². The highest BCUT2D eigenvalue weighted by Gasteiger charge is 2.29. The molecule has 0 radical (unpaired) electrons. The smallest absolute Gasteiger partial charge is 0.00463 e. The van der Waals surface area contributed by atoms with E-state index in [9.17, 15) is 0 Å². The maximum absolute atomic E-state index is 5.87. The molecule has 0 fully saturated rings. The molecule has 0 spiro atoms. The van der Waals surface area contributed by atoms with Crippen LogP contribution in [-0.4, -0.2) is 6.54 Å². The monoisotopic (exact) mass is 227 g/mol. The molecule has 2 unspecified atom stereocenters. The Labute approximate surface area is 103 Å². The first kappa shape index (κ1) is 16.0. The van der Waals surface area contributed by atoms with Crippen LogP contribution in [0.3, 0.4) is 0 Å². The molecule has 0 rings (SSSR count). The number of hydrogen-bond acceptors (Lipinski definition) is 1. The molecule has 0 bridgehead atoms. The summed E-state index contributed by atoms with van der Waals surface area (Å²) in [7, 11) is 0. The standard InChI is InChI=1S/C15H33N/c1-6-7-8-10-15(5,14(4)12-16)11-9-13(2)3/h13-14H,6-12,16H2,1-5H3.